The lowest BCUT2D eigenvalue weighted by molar-refractivity contribution is -0.00264. The topological polar surface area (TPSA) is 57.6 Å². The summed E-state index contributed by atoms with van der Waals surface area (Å²) in [7, 11) is -2.83. The Morgan fingerprint density at radius 3 is 2.53 bits per heavy atom. The van der Waals surface area contributed by atoms with Gasteiger partial charge in [-0.2, -0.15) is 0 Å². The molecule has 1 fully saturated rings. The lowest BCUT2D eigenvalue weighted by Gasteiger charge is -2.33. The Balaban J connectivity index is 2.32. The third-order valence-corrected chi connectivity index (χ3v) is 4.42. The van der Waals surface area contributed by atoms with Crippen LogP contribution in [-0.2, 0) is 9.84 Å². The molecule has 1 aliphatic rings. The van der Waals surface area contributed by atoms with Crippen LogP contribution >= 0.6 is 0 Å². The Bertz CT molecular complexity index is 332. The van der Waals surface area contributed by atoms with Crippen molar-refractivity contribution in [2.45, 2.75) is 51.2 Å². The molecule has 1 unspecified atom stereocenters. The van der Waals surface area contributed by atoms with E-state index < -0.39 is 15.4 Å². The average molecular weight is 263 g/mol. The first-order valence-electron chi connectivity index (χ1n) is 6.34. The Hall–Kier alpha value is -0.130. The molecular formula is C12H25NO3S. The third-order valence-electron chi connectivity index (χ3n) is 3.39. The standard InChI is InChI=1S/C12H25NO3S/c1-12(2,14)11-7-6-9-13(11)8-4-5-10-17(3,15)16/h11,14H,4-10H2,1-3H3. The Morgan fingerprint density at radius 2 is 2.00 bits per heavy atom. The van der Waals surface area contributed by atoms with Gasteiger partial charge in [0.25, 0.3) is 0 Å². The molecule has 0 aromatic heterocycles. The number of nitrogens with zero attached hydrogens (tertiary/aromatic N) is 1. The molecule has 17 heavy (non-hydrogen) atoms. The molecule has 1 atom stereocenters. The van der Waals surface area contributed by atoms with Crippen molar-refractivity contribution < 1.29 is 13.5 Å². The predicted octanol–water partition coefficient (Wildman–Crippen LogP) is 1.05. The van der Waals surface area contributed by atoms with Crippen LogP contribution in [0.5, 0.6) is 0 Å². The highest BCUT2D eigenvalue weighted by Crippen LogP contribution is 2.26. The fourth-order valence-corrected chi connectivity index (χ4v) is 3.30. The Morgan fingerprint density at radius 1 is 1.35 bits per heavy atom. The quantitative estimate of drug-likeness (QED) is 0.728. The molecule has 0 aromatic carbocycles. The number of rotatable bonds is 6. The molecule has 1 heterocycles. The van der Waals surface area contributed by atoms with Crippen LogP contribution in [0.3, 0.4) is 0 Å². The van der Waals surface area contributed by atoms with Gasteiger partial charge in [-0.15, -0.1) is 0 Å². The van der Waals surface area contributed by atoms with E-state index in [4.69, 9.17) is 0 Å². The van der Waals surface area contributed by atoms with Crippen LogP contribution in [0.4, 0.5) is 0 Å². The van der Waals surface area contributed by atoms with Crippen molar-refractivity contribution in [2.24, 2.45) is 0 Å². The van der Waals surface area contributed by atoms with Crippen LogP contribution in [0.15, 0.2) is 0 Å². The summed E-state index contributed by atoms with van der Waals surface area (Å²) in [4.78, 5) is 2.29. The van der Waals surface area contributed by atoms with E-state index in [0.29, 0.717) is 6.42 Å². The van der Waals surface area contributed by atoms with Crippen molar-refractivity contribution in [3.8, 4) is 0 Å². The van der Waals surface area contributed by atoms with Gasteiger partial charge in [0.1, 0.15) is 9.84 Å². The molecule has 0 radical (unpaired) electrons. The second kappa shape index (κ2) is 5.67. The van der Waals surface area contributed by atoms with Crippen LogP contribution in [0.2, 0.25) is 0 Å². The summed E-state index contributed by atoms with van der Waals surface area (Å²) >= 11 is 0. The maximum absolute atomic E-state index is 11.0. The molecule has 5 heteroatoms. The van der Waals surface area contributed by atoms with E-state index in [0.717, 1.165) is 32.4 Å². The largest absolute Gasteiger partial charge is 0.389 e. The van der Waals surface area contributed by atoms with Gasteiger partial charge in [-0.25, -0.2) is 8.42 Å². The summed E-state index contributed by atoms with van der Waals surface area (Å²) in [5, 5.41) is 10.0. The molecule has 0 amide bonds. The molecule has 1 N–H and O–H groups in total. The monoisotopic (exact) mass is 263 g/mol. The molecule has 1 aliphatic heterocycles. The number of hydrogen-bond acceptors (Lipinski definition) is 4. The number of likely N-dealkylation sites (tertiary alicyclic amines) is 1. The Kier molecular flexibility index (Phi) is 4.98. The number of sulfone groups is 1. The fraction of sp³-hybridized carbons (Fsp3) is 1.00. The third kappa shape index (κ3) is 5.36. The highest BCUT2D eigenvalue weighted by Gasteiger charge is 2.35. The van der Waals surface area contributed by atoms with E-state index in [-0.39, 0.29) is 11.8 Å². The van der Waals surface area contributed by atoms with Gasteiger partial charge < -0.3 is 5.11 Å². The molecular weight excluding hydrogens is 238 g/mol. The van der Waals surface area contributed by atoms with Gasteiger partial charge in [-0.1, -0.05) is 0 Å². The summed E-state index contributed by atoms with van der Waals surface area (Å²) in [6.45, 7) is 5.62. The van der Waals surface area contributed by atoms with Crippen molar-refractivity contribution in [1.29, 1.82) is 0 Å². The van der Waals surface area contributed by atoms with Crippen LogP contribution in [0, 0.1) is 0 Å². The van der Waals surface area contributed by atoms with E-state index in [2.05, 4.69) is 4.90 Å². The zero-order chi connectivity index (χ0) is 13.1. The maximum atomic E-state index is 11.0. The highest BCUT2D eigenvalue weighted by molar-refractivity contribution is 7.90. The molecule has 4 nitrogen and oxygen atoms in total. The molecule has 1 rings (SSSR count). The zero-order valence-electron chi connectivity index (χ0n) is 11.1. The maximum Gasteiger partial charge on any atom is 0.147 e. The molecule has 1 saturated heterocycles. The van der Waals surface area contributed by atoms with E-state index in [9.17, 15) is 13.5 Å². The zero-order valence-corrected chi connectivity index (χ0v) is 12.0. The van der Waals surface area contributed by atoms with E-state index >= 15 is 0 Å². The van der Waals surface area contributed by atoms with Crippen molar-refractivity contribution >= 4 is 9.84 Å². The van der Waals surface area contributed by atoms with Crippen molar-refractivity contribution in [3.05, 3.63) is 0 Å². The van der Waals surface area contributed by atoms with Crippen LogP contribution in [0.25, 0.3) is 0 Å². The summed E-state index contributed by atoms with van der Waals surface area (Å²) in [5.41, 5.74) is -0.659. The summed E-state index contributed by atoms with van der Waals surface area (Å²) in [5.74, 6) is 0.272. The smallest absolute Gasteiger partial charge is 0.147 e. The number of hydrogen-bond donors (Lipinski definition) is 1. The predicted molar refractivity (Wildman–Crippen MR) is 69.8 cm³/mol. The molecule has 0 saturated carbocycles. The molecule has 0 aromatic rings. The average Bonchev–Trinajstić information content (AvgIpc) is 2.58. The number of aliphatic hydroxyl groups is 1. The minimum atomic E-state index is -2.83. The Labute approximate surface area is 105 Å². The van der Waals surface area contributed by atoms with E-state index in [1.807, 2.05) is 13.8 Å². The van der Waals surface area contributed by atoms with Gasteiger partial charge in [0.05, 0.1) is 5.60 Å². The molecule has 0 aliphatic carbocycles. The molecule has 0 bridgehead atoms. The van der Waals surface area contributed by atoms with Gasteiger partial charge in [-0.05, 0) is 52.6 Å². The van der Waals surface area contributed by atoms with Gasteiger partial charge in [0.2, 0.25) is 0 Å². The van der Waals surface area contributed by atoms with Crippen molar-refractivity contribution in [3.63, 3.8) is 0 Å². The highest BCUT2D eigenvalue weighted by atomic mass is 32.2. The minimum absolute atomic E-state index is 0.223. The first-order valence-corrected chi connectivity index (χ1v) is 8.40. The summed E-state index contributed by atoms with van der Waals surface area (Å²) < 4.78 is 22.0. The SMILES string of the molecule is CC(C)(O)C1CCCN1CCCCS(C)(=O)=O. The summed E-state index contributed by atoms with van der Waals surface area (Å²) in [6.07, 6.45) is 5.05. The lowest BCUT2D eigenvalue weighted by Crippen LogP contribution is -2.45. The lowest BCUT2D eigenvalue weighted by atomic mass is 9.96. The van der Waals surface area contributed by atoms with Crippen LogP contribution in [-0.4, -0.2) is 55.2 Å². The fourth-order valence-electron chi connectivity index (χ4n) is 2.57. The number of unbranched alkanes of at least 4 members (excludes halogenated alkanes) is 1. The van der Waals surface area contributed by atoms with Gasteiger partial charge >= 0.3 is 0 Å². The minimum Gasteiger partial charge on any atom is -0.389 e. The molecule has 0 spiro atoms. The second-order valence-electron chi connectivity index (χ2n) is 5.68. The molecule has 102 valence electrons. The van der Waals surface area contributed by atoms with E-state index in [1.54, 1.807) is 0 Å². The van der Waals surface area contributed by atoms with Crippen molar-refractivity contribution in [1.82, 2.24) is 4.90 Å². The van der Waals surface area contributed by atoms with Gasteiger partial charge in [-0.3, -0.25) is 4.90 Å². The first kappa shape index (κ1) is 14.9. The van der Waals surface area contributed by atoms with Gasteiger partial charge in [0, 0.05) is 18.1 Å². The van der Waals surface area contributed by atoms with E-state index in [1.165, 1.54) is 6.26 Å². The van der Waals surface area contributed by atoms with Gasteiger partial charge in [0.15, 0.2) is 0 Å². The first-order chi connectivity index (χ1) is 7.70. The summed E-state index contributed by atoms with van der Waals surface area (Å²) in [6, 6.07) is 0.223. The normalized spacial score (nSPS) is 23.2. The van der Waals surface area contributed by atoms with Crippen molar-refractivity contribution in [2.75, 3.05) is 25.1 Å². The van der Waals surface area contributed by atoms with Crippen LogP contribution < -0.4 is 0 Å². The second-order valence-corrected chi connectivity index (χ2v) is 7.94. The van der Waals surface area contributed by atoms with Crippen LogP contribution in [0.1, 0.15) is 39.5 Å².